The molecule has 0 amide bonds. The maximum atomic E-state index is 5.48. The second-order valence-electron chi connectivity index (χ2n) is 4.59. The van der Waals surface area contributed by atoms with Crippen LogP contribution >= 0.6 is 0 Å². The summed E-state index contributed by atoms with van der Waals surface area (Å²) in [5.41, 5.74) is 4.74. The lowest BCUT2D eigenvalue weighted by atomic mass is 10.0. The Bertz CT molecular complexity index is 668. The Labute approximate surface area is 119 Å². The summed E-state index contributed by atoms with van der Waals surface area (Å²) in [7, 11) is 0. The molecule has 3 rings (SSSR count). The van der Waals surface area contributed by atoms with Crippen molar-refractivity contribution >= 4 is 0 Å². The lowest BCUT2D eigenvalue weighted by molar-refractivity contribution is 0.340. The zero-order valence-electron chi connectivity index (χ0n) is 11.5. The molecule has 1 aromatic heterocycles. The first-order valence-electron chi connectivity index (χ1n) is 6.84. The van der Waals surface area contributed by atoms with Gasteiger partial charge in [0.1, 0.15) is 5.75 Å². The first-order chi connectivity index (χ1) is 9.88. The van der Waals surface area contributed by atoms with Gasteiger partial charge in [-0.3, -0.25) is 0 Å². The number of aromatic amines is 1. The zero-order chi connectivity index (χ0) is 13.8. The molecule has 0 aliphatic rings. The van der Waals surface area contributed by atoms with Gasteiger partial charge in [-0.1, -0.05) is 30.3 Å². The van der Waals surface area contributed by atoms with Crippen LogP contribution in [-0.4, -0.2) is 11.6 Å². The SMILES string of the molecule is CCOc1ccc(-c2[nH]ccc2-c2ccccc2)cc1. The summed E-state index contributed by atoms with van der Waals surface area (Å²) in [5, 5.41) is 0. The average Bonchev–Trinajstić information content (AvgIpc) is 2.99. The maximum Gasteiger partial charge on any atom is 0.119 e. The number of hydrogen-bond donors (Lipinski definition) is 1. The minimum Gasteiger partial charge on any atom is -0.494 e. The Kier molecular flexibility index (Phi) is 3.55. The molecule has 0 aliphatic heterocycles. The number of ether oxygens (including phenoxy) is 1. The molecule has 0 spiro atoms. The molecular weight excluding hydrogens is 246 g/mol. The summed E-state index contributed by atoms with van der Waals surface area (Å²) in [4.78, 5) is 3.33. The van der Waals surface area contributed by atoms with Gasteiger partial charge in [0.15, 0.2) is 0 Å². The van der Waals surface area contributed by atoms with Crippen LogP contribution in [0.4, 0.5) is 0 Å². The van der Waals surface area contributed by atoms with Gasteiger partial charge >= 0.3 is 0 Å². The van der Waals surface area contributed by atoms with Gasteiger partial charge in [0.25, 0.3) is 0 Å². The van der Waals surface area contributed by atoms with E-state index in [9.17, 15) is 0 Å². The molecule has 1 N–H and O–H groups in total. The first kappa shape index (κ1) is 12.5. The molecule has 100 valence electrons. The van der Waals surface area contributed by atoms with Gasteiger partial charge in [0.05, 0.1) is 12.3 Å². The standard InChI is InChI=1S/C18H17NO/c1-2-20-16-10-8-15(9-11-16)18-17(12-13-19-18)14-6-4-3-5-7-14/h3-13,19H,2H2,1H3. The quantitative estimate of drug-likeness (QED) is 0.722. The predicted molar refractivity (Wildman–Crippen MR) is 82.8 cm³/mol. The fourth-order valence-electron chi connectivity index (χ4n) is 2.35. The maximum absolute atomic E-state index is 5.48. The molecular formula is C18H17NO. The van der Waals surface area contributed by atoms with Crippen LogP contribution in [0.2, 0.25) is 0 Å². The molecule has 2 nitrogen and oxygen atoms in total. The largest absolute Gasteiger partial charge is 0.494 e. The van der Waals surface area contributed by atoms with Gasteiger partial charge in [0, 0.05) is 11.8 Å². The van der Waals surface area contributed by atoms with Gasteiger partial charge in [0.2, 0.25) is 0 Å². The van der Waals surface area contributed by atoms with E-state index >= 15 is 0 Å². The average molecular weight is 263 g/mol. The van der Waals surface area contributed by atoms with Gasteiger partial charge in [-0.05, 0) is 48.4 Å². The van der Waals surface area contributed by atoms with E-state index in [1.807, 2.05) is 31.3 Å². The van der Waals surface area contributed by atoms with Gasteiger partial charge in [-0.25, -0.2) is 0 Å². The number of hydrogen-bond acceptors (Lipinski definition) is 1. The van der Waals surface area contributed by atoms with Gasteiger partial charge in [-0.2, -0.15) is 0 Å². The molecule has 0 atom stereocenters. The molecule has 3 aromatic rings. The van der Waals surface area contributed by atoms with Crippen molar-refractivity contribution in [1.82, 2.24) is 4.98 Å². The number of nitrogens with one attached hydrogen (secondary N) is 1. The van der Waals surface area contributed by atoms with Crippen molar-refractivity contribution in [2.24, 2.45) is 0 Å². The number of aromatic nitrogens is 1. The van der Waals surface area contributed by atoms with Crippen LogP contribution in [0.1, 0.15) is 6.92 Å². The Hall–Kier alpha value is -2.48. The number of rotatable bonds is 4. The Balaban J connectivity index is 1.97. The van der Waals surface area contributed by atoms with E-state index in [-0.39, 0.29) is 0 Å². The molecule has 0 aliphatic carbocycles. The van der Waals surface area contributed by atoms with Gasteiger partial charge in [-0.15, -0.1) is 0 Å². The van der Waals surface area contributed by atoms with E-state index in [0.29, 0.717) is 6.61 Å². The molecule has 2 heteroatoms. The molecule has 0 radical (unpaired) electrons. The highest BCUT2D eigenvalue weighted by Crippen LogP contribution is 2.31. The second kappa shape index (κ2) is 5.66. The summed E-state index contributed by atoms with van der Waals surface area (Å²) in [6.45, 7) is 2.68. The minimum atomic E-state index is 0.692. The molecule has 20 heavy (non-hydrogen) atoms. The fraction of sp³-hybridized carbons (Fsp3) is 0.111. The monoisotopic (exact) mass is 263 g/mol. The number of benzene rings is 2. The number of H-pyrrole nitrogens is 1. The third-order valence-corrected chi connectivity index (χ3v) is 3.29. The Morgan fingerprint density at radius 1 is 0.850 bits per heavy atom. The van der Waals surface area contributed by atoms with Crippen LogP contribution in [0.5, 0.6) is 5.75 Å². The van der Waals surface area contributed by atoms with Crippen molar-refractivity contribution < 1.29 is 4.74 Å². The molecule has 2 aromatic carbocycles. The van der Waals surface area contributed by atoms with E-state index < -0.39 is 0 Å². The topological polar surface area (TPSA) is 25.0 Å². The van der Waals surface area contributed by atoms with Crippen molar-refractivity contribution in [1.29, 1.82) is 0 Å². The van der Waals surface area contributed by atoms with E-state index in [1.54, 1.807) is 0 Å². The summed E-state index contributed by atoms with van der Waals surface area (Å²) in [6, 6.07) is 20.7. The van der Waals surface area contributed by atoms with Crippen LogP contribution in [-0.2, 0) is 0 Å². The molecule has 0 saturated heterocycles. The minimum absolute atomic E-state index is 0.692. The van der Waals surface area contributed by atoms with E-state index in [4.69, 9.17) is 4.74 Å². The summed E-state index contributed by atoms with van der Waals surface area (Å²) in [5.74, 6) is 0.907. The van der Waals surface area contributed by atoms with Crippen LogP contribution in [0, 0.1) is 0 Å². The highest BCUT2D eigenvalue weighted by atomic mass is 16.5. The molecule has 0 saturated carbocycles. The van der Waals surface area contributed by atoms with E-state index in [0.717, 1.165) is 17.0 Å². The summed E-state index contributed by atoms with van der Waals surface area (Å²) >= 11 is 0. The fourth-order valence-corrected chi connectivity index (χ4v) is 2.35. The van der Waals surface area contributed by atoms with Crippen molar-refractivity contribution in [2.45, 2.75) is 6.92 Å². The van der Waals surface area contributed by atoms with Crippen molar-refractivity contribution in [2.75, 3.05) is 6.61 Å². The van der Waals surface area contributed by atoms with E-state index in [2.05, 4.69) is 47.4 Å². The van der Waals surface area contributed by atoms with Crippen LogP contribution in [0.25, 0.3) is 22.4 Å². The molecule has 0 fully saturated rings. The predicted octanol–water partition coefficient (Wildman–Crippen LogP) is 4.75. The second-order valence-corrected chi connectivity index (χ2v) is 4.59. The highest BCUT2D eigenvalue weighted by molar-refractivity contribution is 5.81. The van der Waals surface area contributed by atoms with Crippen LogP contribution in [0.15, 0.2) is 66.9 Å². The summed E-state index contributed by atoms with van der Waals surface area (Å²) < 4.78 is 5.48. The van der Waals surface area contributed by atoms with Gasteiger partial charge < -0.3 is 9.72 Å². The van der Waals surface area contributed by atoms with Crippen LogP contribution < -0.4 is 4.74 Å². The lowest BCUT2D eigenvalue weighted by Gasteiger charge is -2.07. The lowest BCUT2D eigenvalue weighted by Crippen LogP contribution is -1.90. The van der Waals surface area contributed by atoms with Crippen LogP contribution in [0.3, 0.4) is 0 Å². The zero-order valence-corrected chi connectivity index (χ0v) is 11.5. The molecule has 0 bridgehead atoms. The van der Waals surface area contributed by atoms with E-state index in [1.165, 1.54) is 11.1 Å². The Morgan fingerprint density at radius 3 is 2.30 bits per heavy atom. The third-order valence-electron chi connectivity index (χ3n) is 3.29. The first-order valence-corrected chi connectivity index (χ1v) is 6.84. The molecule has 1 heterocycles. The Morgan fingerprint density at radius 2 is 1.60 bits per heavy atom. The van der Waals surface area contributed by atoms with Crippen molar-refractivity contribution in [3.63, 3.8) is 0 Å². The van der Waals surface area contributed by atoms with Crippen molar-refractivity contribution in [3.05, 3.63) is 66.9 Å². The normalized spacial score (nSPS) is 10.4. The highest BCUT2D eigenvalue weighted by Gasteiger charge is 2.08. The molecule has 0 unspecified atom stereocenters. The third kappa shape index (κ3) is 2.45. The smallest absolute Gasteiger partial charge is 0.119 e. The van der Waals surface area contributed by atoms with Crippen molar-refractivity contribution in [3.8, 4) is 28.1 Å². The summed E-state index contributed by atoms with van der Waals surface area (Å²) in [6.07, 6.45) is 1.98.